The molecule has 28 heavy (non-hydrogen) atoms. The van der Waals surface area contributed by atoms with E-state index >= 15 is 0 Å². The maximum atomic E-state index is 11.2. The van der Waals surface area contributed by atoms with Crippen LogP contribution in [0.15, 0.2) is 53.0 Å². The van der Waals surface area contributed by atoms with Gasteiger partial charge in [0.25, 0.3) is 0 Å². The second-order valence-electron chi connectivity index (χ2n) is 7.16. The van der Waals surface area contributed by atoms with Gasteiger partial charge in [-0.05, 0) is 30.5 Å². The molecular formula is C21H22BrN3O3. The molecule has 0 aromatic heterocycles. The molecule has 2 aromatic carbocycles. The second kappa shape index (κ2) is 7.58. The molecule has 4 rings (SSSR count). The van der Waals surface area contributed by atoms with E-state index in [0.29, 0.717) is 6.42 Å². The third kappa shape index (κ3) is 3.53. The summed E-state index contributed by atoms with van der Waals surface area (Å²) in [7, 11) is 0. The largest absolute Gasteiger partial charge is 0.507 e. The van der Waals surface area contributed by atoms with Gasteiger partial charge in [0.15, 0.2) is 6.23 Å². The lowest BCUT2D eigenvalue weighted by Gasteiger charge is -2.42. The van der Waals surface area contributed by atoms with Crippen molar-refractivity contribution in [3.8, 4) is 0 Å². The molecule has 3 N–H and O–H groups in total. The summed E-state index contributed by atoms with van der Waals surface area (Å²) in [4.78, 5) is 11.2. The summed E-state index contributed by atoms with van der Waals surface area (Å²) in [5.41, 5.74) is 9.06. The quantitative estimate of drug-likeness (QED) is 0.615. The molecular weight excluding hydrogens is 422 g/mol. The minimum absolute atomic E-state index is 0.0510. The zero-order valence-electron chi connectivity index (χ0n) is 15.6. The van der Waals surface area contributed by atoms with Gasteiger partial charge in [0.1, 0.15) is 6.17 Å². The van der Waals surface area contributed by atoms with Gasteiger partial charge in [-0.1, -0.05) is 70.0 Å². The number of hydrogen-bond donors (Lipinski definition) is 3. The highest BCUT2D eigenvalue weighted by Crippen LogP contribution is 2.41. The fourth-order valence-electron chi connectivity index (χ4n) is 3.97. The van der Waals surface area contributed by atoms with E-state index in [0.717, 1.165) is 21.3 Å². The minimum Gasteiger partial charge on any atom is -0.450 e. The summed E-state index contributed by atoms with van der Waals surface area (Å²) in [6.07, 6.45) is -1.62. The summed E-state index contributed by atoms with van der Waals surface area (Å²) in [5, 5.41) is 14.5. The van der Waals surface area contributed by atoms with Gasteiger partial charge >= 0.3 is 6.16 Å². The first-order valence-electron chi connectivity index (χ1n) is 9.17. The van der Waals surface area contributed by atoms with E-state index in [1.165, 1.54) is 11.1 Å². The van der Waals surface area contributed by atoms with E-state index in [-0.39, 0.29) is 12.2 Å². The van der Waals surface area contributed by atoms with Crippen LogP contribution in [0.4, 0.5) is 4.79 Å². The number of hydrogen-bond acceptors (Lipinski definition) is 5. The van der Waals surface area contributed by atoms with E-state index in [2.05, 4.69) is 63.7 Å². The van der Waals surface area contributed by atoms with Crippen molar-refractivity contribution in [1.29, 1.82) is 0 Å². The van der Waals surface area contributed by atoms with Crippen molar-refractivity contribution in [2.45, 2.75) is 38.7 Å². The number of nitrogens with one attached hydrogen (secondary N) is 2. The highest BCUT2D eigenvalue weighted by Gasteiger charge is 2.44. The number of hydrazine groups is 1. The molecule has 7 heteroatoms. The van der Waals surface area contributed by atoms with Crippen LogP contribution in [0, 0.1) is 13.8 Å². The average Bonchev–Trinajstić information content (AvgIpc) is 2.98. The molecule has 2 aliphatic rings. The van der Waals surface area contributed by atoms with Gasteiger partial charge in [0, 0.05) is 6.42 Å². The minimum atomic E-state index is -1.28. The molecule has 146 valence electrons. The van der Waals surface area contributed by atoms with Crippen molar-refractivity contribution >= 4 is 27.8 Å². The van der Waals surface area contributed by atoms with E-state index in [1.807, 2.05) is 30.3 Å². The zero-order chi connectivity index (χ0) is 19.8. The summed E-state index contributed by atoms with van der Waals surface area (Å²) in [6, 6.07) is 16.3. The number of carboxylic acid groups (broad SMARTS) is 1. The Bertz CT molecular complexity index is 932. The first-order valence-corrected chi connectivity index (χ1v) is 9.96. The normalized spacial score (nSPS) is 24.6. The highest BCUT2D eigenvalue weighted by atomic mass is 79.9. The standard InChI is InChI=1S/C21H22BrN3O3/c1-12-8-9-15(13(2)10-12)16-11-17(28-21(26)27)23-20-18(22)19(24-25(16)20)14-6-4-3-5-7-14/h3-10,16-17,20,23-24H,11H2,1-2H3,(H,26,27). The van der Waals surface area contributed by atoms with Crippen LogP contribution in [0.1, 0.15) is 34.7 Å². The third-order valence-corrected chi connectivity index (χ3v) is 6.03. The number of ether oxygens (including phenoxy) is 1. The van der Waals surface area contributed by atoms with Crippen LogP contribution in [-0.2, 0) is 4.74 Å². The van der Waals surface area contributed by atoms with E-state index in [1.54, 1.807) is 0 Å². The van der Waals surface area contributed by atoms with Crippen LogP contribution in [0.25, 0.3) is 5.70 Å². The fraction of sp³-hybridized carbons (Fsp3) is 0.286. The molecule has 1 saturated heterocycles. The Kier molecular flexibility index (Phi) is 5.14. The molecule has 0 spiro atoms. The molecule has 3 unspecified atom stereocenters. The van der Waals surface area contributed by atoms with Crippen LogP contribution in [0.2, 0.25) is 0 Å². The topological polar surface area (TPSA) is 73.8 Å². The van der Waals surface area contributed by atoms with Gasteiger partial charge in [-0.2, -0.15) is 5.01 Å². The Morgan fingerprint density at radius 1 is 1.21 bits per heavy atom. The lowest BCUT2D eigenvalue weighted by atomic mass is 9.94. The molecule has 1 fully saturated rings. The van der Waals surface area contributed by atoms with Crippen LogP contribution >= 0.6 is 15.9 Å². The maximum Gasteiger partial charge on any atom is 0.507 e. The fourth-order valence-corrected chi connectivity index (χ4v) is 4.64. The average molecular weight is 444 g/mol. The Hall–Kier alpha value is -2.35. The Labute approximate surface area is 172 Å². The van der Waals surface area contributed by atoms with Crippen LogP contribution in [-0.4, -0.2) is 28.7 Å². The number of nitrogens with zero attached hydrogens (tertiary/aromatic N) is 1. The van der Waals surface area contributed by atoms with Crippen molar-refractivity contribution in [1.82, 2.24) is 15.8 Å². The molecule has 0 radical (unpaired) electrons. The molecule has 0 bridgehead atoms. The van der Waals surface area contributed by atoms with Crippen LogP contribution in [0.3, 0.4) is 0 Å². The first-order chi connectivity index (χ1) is 13.4. The molecule has 6 nitrogen and oxygen atoms in total. The Balaban J connectivity index is 1.72. The number of carbonyl (C=O) groups is 1. The summed E-state index contributed by atoms with van der Waals surface area (Å²) in [6.45, 7) is 4.15. The molecule has 0 saturated carbocycles. The Morgan fingerprint density at radius 2 is 1.96 bits per heavy atom. The molecule has 2 aromatic rings. The van der Waals surface area contributed by atoms with Crippen molar-refractivity contribution in [2.24, 2.45) is 0 Å². The zero-order valence-corrected chi connectivity index (χ0v) is 17.2. The summed E-state index contributed by atoms with van der Waals surface area (Å²) >= 11 is 3.72. The SMILES string of the molecule is Cc1ccc(C2CC(OC(=O)O)NC3C(Br)=C(c4ccccc4)NN32)c(C)c1. The van der Waals surface area contributed by atoms with E-state index in [4.69, 9.17) is 9.84 Å². The van der Waals surface area contributed by atoms with Crippen molar-refractivity contribution in [3.05, 3.63) is 75.3 Å². The predicted octanol–water partition coefficient (Wildman–Crippen LogP) is 4.27. The Morgan fingerprint density at radius 3 is 2.64 bits per heavy atom. The number of benzene rings is 2. The van der Waals surface area contributed by atoms with Gasteiger partial charge in [-0.15, -0.1) is 0 Å². The molecule has 2 aliphatic heterocycles. The van der Waals surface area contributed by atoms with Gasteiger partial charge in [-0.25, -0.2) is 4.79 Å². The summed E-state index contributed by atoms with van der Waals surface area (Å²) in [5.74, 6) is 0. The smallest absolute Gasteiger partial charge is 0.450 e. The highest BCUT2D eigenvalue weighted by molar-refractivity contribution is 9.11. The number of halogens is 1. The molecule has 0 aliphatic carbocycles. The molecule has 2 heterocycles. The van der Waals surface area contributed by atoms with E-state index < -0.39 is 12.4 Å². The van der Waals surface area contributed by atoms with Gasteiger partial charge in [-0.3, -0.25) is 5.32 Å². The maximum absolute atomic E-state index is 11.2. The van der Waals surface area contributed by atoms with Gasteiger partial charge in [0.2, 0.25) is 0 Å². The lowest BCUT2D eigenvalue weighted by molar-refractivity contribution is -0.0457. The third-order valence-electron chi connectivity index (χ3n) is 5.20. The van der Waals surface area contributed by atoms with Crippen molar-refractivity contribution in [3.63, 3.8) is 0 Å². The number of fused-ring (bicyclic) bond motifs is 1. The van der Waals surface area contributed by atoms with Crippen molar-refractivity contribution in [2.75, 3.05) is 0 Å². The second-order valence-corrected chi connectivity index (χ2v) is 8.02. The first kappa shape index (κ1) is 19.0. The van der Waals surface area contributed by atoms with Crippen LogP contribution < -0.4 is 10.7 Å². The van der Waals surface area contributed by atoms with Crippen molar-refractivity contribution < 1.29 is 14.6 Å². The van der Waals surface area contributed by atoms with Crippen LogP contribution in [0.5, 0.6) is 0 Å². The molecule has 0 amide bonds. The lowest BCUT2D eigenvalue weighted by Crippen LogP contribution is -2.58. The van der Waals surface area contributed by atoms with E-state index in [9.17, 15) is 4.79 Å². The number of aryl methyl sites for hydroxylation is 2. The monoisotopic (exact) mass is 443 g/mol. The number of rotatable bonds is 3. The van der Waals surface area contributed by atoms with Gasteiger partial charge in [0.05, 0.1) is 16.2 Å². The van der Waals surface area contributed by atoms with Gasteiger partial charge < -0.3 is 15.3 Å². The predicted molar refractivity (Wildman–Crippen MR) is 110 cm³/mol. The molecule has 3 atom stereocenters. The summed E-state index contributed by atoms with van der Waals surface area (Å²) < 4.78 is 6.03.